The minimum absolute atomic E-state index is 0.0198. The van der Waals surface area contributed by atoms with Crippen LogP contribution in [0, 0.1) is 0 Å². The molecule has 3 fully saturated rings. The lowest BCUT2D eigenvalue weighted by Gasteiger charge is -2.47. The van der Waals surface area contributed by atoms with Crippen molar-refractivity contribution in [2.45, 2.75) is 63.1 Å². The van der Waals surface area contributed by atoms with Gasteiger partial charge in [-0.05, 0) is 45.1 Å². The summed E-state index contributed by atoms with van der Waals surface area (Å²) in [6.45, 7) is 8.61. The zero-order valence-corrected chi connectivity index (χ0v) is 13.0. The highest BCUT2D eigenvalue weighted by Gasteiger charge is 2.41. The molecule has 0 spiro atoms. The molecule has 1 saturated heterocycles. The van der Waals surface area contributed by atoms with Gasteiger partial charge in [-0.2, -0.15) is 0 Å². The molecule has 2 saturated carbocycles. The third-order valence-corrected chi connectivity index (χ3v) is 5.58. The minimum atomic E-state index is 0.0198. The number of hydrogen-bond donors (Lipinski definition) is 2. The van der Waals surface area contributed by atoms with Crippen LogP contribution in [-0.2, 0) is 0 Å². The Morgan fingerprint density at radius 1 is 1.15 bits per heavy atom. The van der Waals surface area contributed by atoms with Crippen molar-refractivity contribution >= 4 is 0 Å². The molecular weight excluding hydrogens is 250 g/mol. The lowest BCUT2D eigenvalue weighted by atomic mass is 9.78. The van der Waals surface area contributed by atoms with Gasteiger partial charge >= 0.3 is 0 Å². The molecule has 2 aliphatic carbocycles. The van der Waals surface area contributed by atoms with Crippen molar-refractivity contribution in [1.82, 2.24) is 15.1 Å². The fraction of sp³-hybridized carbons (Fsp3) is 1.00. The van der Waals surface area contributed by atoms with Crippen LogP contribution in [0.15, 0.2) is 0 Å². The lowest BCUT2D eigenvalue weighted by molar-refractivity contribution is 0.0327. The van der Waals surface area contributed by atoms with E-state index in [2.05, 4.69) is 22.0 Å². The SMILES string of the molecule is CCN1CCN(C2CCCC(CO)(NC3CC3)C2)CC1. The average Bonchev–Trinajstić information content (AvgIpc) is 3.31. The van der Waals surface area contributed by atoms with Crippen molar-refractivity contribution in [2.24, 2.45) is 0 Å². The van der Waals surface area contributed by atoms with E-state index in [1.165, 1.54) is 58.4 Å². The van der Waals surface area contributed by atoms with Gasteiger partial charge in [0.05, 0.1) is 6.61 Å². The molecule has 0 aromatic carbocycles. The van der Waals surface area contributed by atoms with Crippen LogP contribution >= 0.6 is 0 Å². The maximum atomic E-state index is 9.93. The summed E-state index contributed by atoms with van der Waals surface area (Å²) in [5.74, 6) is 0. The van der Waals surface area contributed by atoms with Crippen LogP contribution in [-0.4, -0.2) is 71.9 Å². The van der Waals surface area contributed by atoms with Gasteiger partial charge in [-0.15, -0.1) is 0 Å². The molecule has 0 aromatic rings. The third kappa shape index (κ3) is 3.35. The number of nitrogens with zero attached hydrogens (tertiary/aromatic N) is 2. The first-order valence-corrected chi connectivity index (χ1v) is 8.60. The Morgan fingerprint density at radius 2 is 1.90 bits per heavy atom. The second kappa shape index (κ2) is 6.30. The summed E-state index contributed by atoms with van der Waals surface area (Å²) in [7, 11) is 0. The van der Waals surface area contributed by atoms with Crippen molar-refractivity contribution in [3.05, 3.63) is 0 Å². The summed E-state index contributed by atoms with van der Waals surface area (Å²) < 4.78 is 0. The van der Waals surface area contributed by atoms with E-state index >= 15 is 0 Å². The van der Waals surface area contributed by atoms with Crippen LogP contribution in [0.4, 0.5) is 0 Å². The molecule has 2 N–H and O–H groups in total. The molecule has 0 aromatic heterocycles. The maximum Gasteiger partial charge on any atom is 0.0613 e. The van der Waals surface area contributed by atoms with Gasteiger partial charge in [-0.1, -0.05) is 6.92 Å². The third-order valence-electron chi connectivity index (χ3n) is 5.58. The first-order valence-electron chi connectivity index (χ1n) is 8.60. The van der Waals surface area contributed by atoms with E-state index in [0.29, 0.717) is 18.7 Å². The average molecular weight is 281 g/mol. The smallest absolute Gasteiger partial charge is 0.0613 e. The largest absolute Gasteiger partial charge is 0.394 e. The van der Waals surface area contributed by atoms with Crippen LogP contribution in [0.25, 0.3) is 0 Å². The second-order valence-corrected chi connectivity index (χ2v) is 7.08. The zero-order valence-electron chi connectivity index (χ0n) is 13.0. The van der Waals surface area contributed by atoms with E-state index in [0.717, 1.165) is 12.8 Å². The van der Waals surface area contributed by atoms with Crippen LogP contribution in [0.2, 0.25) is 0 Å². The molecular formula is C16H31N3O. The maximum absolute atomic E-state index is 9.93. The second-order valence-electron chi connectivity index (χ2n) is 7.08. The predicted molar refractivity (Wildman–Crippen MR) is 81.9 cm³/mol. The quantitative estimate of drug-likeness (QED) is 0.790. The highest BCUT2D eigenvalue weighted by molar-refractivity contribution is 5.01. The van der Waals surface area contributed by atoms with Crippen molar-refractivity contribution in [2.75, 3.05) is 39.3 Å². The Kier molecular flexibility index (Phi) is 4.65. The summed E-state index contributed by atoms with van der Waals surface area (Å²) in [5, 5.41) is 13.7. The molecule has 116 valence electrons. The molecule has 4 heteroatoms. The summed E-state index contributed by atoms with van der Waals surface area (Å²) in [6, 6.07) is 1.37. The summed E-state index contributed by atoms with van der Waals surface area (Å²) in [5.41, 5.74) is 0.0198. The van der Waals surface area contributed by atoms with Crippen molar-refractivity contribution < 1.29 is 5.11 Å². The van der Waals surface area contributed by atoms with Crippen LogP contribution in [0.1, 0.15) is 45.4 Å². The fourth-order valence-electron chi connectivity index (χ4n) is 4.07. The molecule has 0 amide bonds. The fourth-order valence-corrected chi connectivity index (χ4v) is 4.07. The van der Waals surface area contributed by atoms with Gasteiger partial charge < -0.3 is 15.3 Å². The number of rotatable bonds is 5. The molecule has 2 unspecified atom stereocenters. The monoisotopic (exact) mass is 281 g/mol. The van der Waals surface area contributed by atoms with E-state index < -0.39 is 0 Å². The highest BCUT2D eigenvalue weighted by Crippen LogP contribution is 2.34. The summed E-state index contributed by atoms with van der Waals surface area (Å²) >= 11 is 0. The number of aliphatic hydroxyl groups excluding tert-OH is 1. The molecule has 0 radical (unpaired) electrons. The summed E-state index contributed by atoms with van der Waals surface area (Å²) in [4.78, 5) is 5.23. The Balaban J connectivity index is 1.56. The van der Waals surface area contributed by atoms with E-state index in [-0.39, 0.29) is 5.54 Å². The molecule has 3 rings (SSSR count). The van der Waals surface area contributed by atoms with E-state index in [1.54, 1.807) is 0 Å². The molecule has 1 aliphatic heterocycles. The summed E-state index contributed by atoms with van der Waals surface area (Å²) in [6.07, 6.45) is 7.50. The number of likely N-dealkylation sites (N-methyl/N-ethyl adjacent to an activating group) is 1. The van der Waals surface area contributed by atoms with Crippen molar-refractivity contribution in [1.29, 1.82) is 0 Å². The molecule has 1 heterocycles. The van der Waals surface area contributed by atoms with Gasteiger partial charge in [0, 0.05) is 43.8 Å². The van der Waals surface area contributed by atoms with Gasteiger partial charge in [-0.3, -0.25) is 4.90 Å². The van der Waals surface area contributed by atoms with Gasteiger partial charge in [0.1, 0.15) is 0 Å². The van der Waals surface area contributed by atoms with Gasteiger partial charge in [0.25, 0.3) is 0 Å². The van der Waals surface area contributed by atoms with E-state index in [9.17, 15) is 5.11 Å². The van der Waals surface area contributed by atoms with Crippen molar-refractivity contribution in [3.8, 4) is 0 Å². The van der Waals surface area contributed by atoms with Crippen molar-refractivity contribution in [3.63, 3.8) is 0 Å². The standard InChI is InChI=1S/C16H31N3O/c1-2-18-8-10-19(11-9-18)15-4-3-7-16(12-15,13-20)17-14-5-6-14/h14-15,17,20H,2-13H2,1H3. The topological polar surface area (TPSA) is 38.7 Å². The Labute approximate surface area is 123 Å². The van der Waals surface area contributed by atoms with Crippen LogP contribution in [0.5, 0.6) is 0 Å². The first-order chi connectivity index (χ1) is 9.74. The van der Waals surface area contributed by atoms with E-state index in [1.807, 2.05) is 0 Å². The molecule has 0 bridgehead atoms. The first kappa shape index (κ1) is 14.8. The van der Waals surface area contributed by atoms with E-state index in [4.69, 9.17) is 0 Å². The van der Waals surface area contributed by atoms with Gasteiger partial charge in [0.2, 0.25) is 0 Å². The number of piperazine rings is 1. The normalized spacial score (nSPS) is 37.2. The molecule has 3 aliphatic rings. The van der Waals surface area contributed by atoms with Crippen LogP contribution < -0.4 is 5.32 Å². The highest BCUT2D eigenvalue weighted by atomic mass is 16.3. The Hall–Kier alpha value is -0.160. The number of aliphatic hydroxyl groups is 1. The Morgan fingerprint density at radius 3 is 2.50 bits per heavy atom. The Bertz CT molecular complexity index is 313. The number of nitrogens with one attached hydrogen (secondary N) is 1. The van der Waals surface area contributed by atoms with Crippen LogP contribution in [0.3, 0.4) is 0 Å². The van der Waals surface area contributed by atoms with Gasteiger partial charge in [-0.25, -0.2) is 0 Å². The molecule has 20 heavy (non-hydrogen) atoms. The molecule has 2 atom stereocenters. The molecule has 4 nitrogen and oxygen atoms in total. The minimum Gasteiger partial charge on any atom is -0.394 e. The predicted octanol–water partition coefficient (Wildman–Crippen LogP) is 1.05. The zero-order chi connectivity index (χ0) is 14.0. The van der Waals surface area contributed by atoms with Gasteiger partial charge in [0.15, 0.2) is 0 Å². The lowest BCUT2D eigenvalue weighted by Crippen LogP contribution is -2.59. The number of hydrogen-bond acceptors (Lipinski definition) is 4.